The van der Waals surface area contributed by atoms with Crippen LogP contribution in [0.25, 0.3) is 0 Å². The lowest BCUT2D eigenvalue weighted by atomic mass is 10.1. The molecule has 0 aromatic heterocycles. The van der Waals surface area contributed by atoms with E-state index in [0.717, 1.165) is 5.56 Å². The highest BCUT2D eigenvalue weighted by atomic mass is 32.2. The fraction of sp³-hybridized carbons (Fsp3) is 0.364. The van der Waals surface area contributed by atoms with Crippen LogP contribution in [0.5, 0.6) is 0 Å². The number of nitrogens with one attached hydrogen (secondary N) is 1. The molecule has 2 aromatic carbocycles. The van der Waals surface area contributed by atoms with Crippen molar-refractivity contribution in [3.8, 4) is 0 Å². The van der Waals surface area contributed by atoms with Crippen LogP contribution >= 0.6 is 0 Å². The molecule has 30 heavy (non-hydrogen) atoms. The number of rotatable bonds is 7. The molecule has 162 valence electrons. The molecular formula is C22H28N2O5S. The Morgan fingerprint density at radius 3 is 2.20 bits per heavy atom. The normalized spacial score (nSPS) is 11.3. The third-order valence-corrected chi connectivity index (χ3v) is 6.43. The number of anilines is 1. The van der Waals surface area contributed by atoms with Crippen molar-refractivity contribution in [3.05, 3.63) is 58.7 Å². The lowest BCUT2D eigenvalue weighted by Gasteiger charge is -2.21. The highest BCUT2D eigenvalue weighted by Gasteiger charge is 2.23. The zero-order valence-corrected chi connectivity index (χ0v) is 19.0. The van der Waals surface area contributed by atoms with E-state index in [1.165, 1.54) is 17.0 Å². The van der Waals surface area contributed by atoms with Crippen molar-refractivity contribution in [1.29, 1.82) is 0 Å². The molecular weight excluding hydrogens is 404 g/mol. The Labute approximate surface area is 178 Å². The van der Waals surface area contributed by atoms with Gasteiger partial charge in [-0.15, -0.1) is 0 Å². The van der Waals surface area contributed by atoms with Gasteiger partial charge in [-0.2, -0.15) is 0 Å². The number of amides is 1. The van der Waals surface area contributed by atoms with E-state index in [1.807, 2.05) is 20.8 Å². The van der Waals surface area contributed by atoms with Gasteiger partial charge < -0.3 is 9.64 Å². The van der Waals surface area contributed by atoms with E-state index in [0.29, 0.717) is 11.1 Å². The van der Waals surface area contributed by atoms with Crippen LogP contribution in [-0.2, 0) is 19.6 Å². The first kappa shape index (κ1) is 23.4. The summed E-state index contributed by atoms with van der Waals surface area (Å²) in [6.07, 6.45) is 0. The number of likely N-dealkylation sites (N-methyl/N-ethyl adjacent to an activating group) is 1. The first-order valence-electron chi connectivity index (χ1n) is 9.56. The zero-order chi connectivity index (χ0) is 22.6. The maximum Gasteiger partial charge on any atom is 0.340 e. The van der Waals surface area contributed by atoms with Crippen LogP contribution in [0.3, 0.4) is 0 Å². The number of esters is 1. The molecule has 0 saturated carbocycles. The fourth-order valence-corrected chi connectivity index (χ4v) is 4.67. The smallest absolute Gasteiger partial charge is 0.340 e. The van der Waals surface area contributed by atoms with Gasteiger partial charge in [0.2, 0.25) is 0 Å². The van der Waals surface area contributed by atoms with Crippen LogP contribution in [0.4, 0.5) is 5.69 Å². The average molecular weight is 433 g/mol. The van der Waals surface area contributed by atoms with Crippen LogP contribution < -0.4 is 4.72 Å². The van der Waals surface area contributed by atoms with Gasteiger partial charge in [0.15, 0.2) is 6.61 Å². The Bertz CT molecular complexity index is 1040. The number of nitrogens with zero attached hydrogens (tertiary/aromatic N) is 1. The monoisotopic (exact) mass is 432 g/mol. The highest BCUT2D eigenvalue weighted by Crippen LogP contribution is 2.26. The summed E-state index contributed by atoms with van der Waals surface area (Å²) in [7, 11) is -2.32. The number of carbonyl (C=O) groups excluding carboxylic acids is 2. The van der Waals surface area contributed by atoms with Gasteiger partial charge in [0.05, 0.1) is 16.1 Å². The molecule has 0 atom stereocenters. The maximum absolute atomic E-state index is 13.0. The molecule has 0 spiro atoms. The third-order valence-electron chi connectivity index (χ3n) is 4.76. The van der Waals surface area contributed by atoms with Crippen molar-refractivity contribution in [2.45, 2.75) is 45.6 Å². The minimum absolute atomic E-state index is 0.0310. The second-order valence-electron chi connectivity index (χ2n) is 7.55. The van der Waals surface area contributed by atoms with Gasteiger partial charge in [-0.25, -0.2) is 13.2 Å². The molecule has 0 saturated heterocycles. The number of ether oxygens (including phenoxy) is 1. The summed E-state index contributed by atoms with van der Waals surface area (Å²) in [5, 5.41) is 0. The van der Waals surface area contributed by atoms with Gasteiger partial charge in [0.1, 0.15) is 0 Å². The Hall–Kier alpha value is -2.87. The van der Waals surface area contributed by atoms with Gasteiger partial charge in [-0.3, -0.25) is 9.52 Å². The Balaban J connectivity index is 2.27. The molecule has 8 heteroatoms. The summed E-state index contributed by atoms with van der Waals surface area (Å²) in [6.45, 7) is 8.62. The topological polar surface area (TPSA) is 92.8 Å². The van der Waals surface area contributed by atoms with Gasteiger partial charge in [-0.05, 0) is 57.9 Å². The molecule has 0 heterocycles. The largest absolute Gasteiger partial charge is 0.452 e. The number of sulfonamides is 1. The standard InChI is InChI=1S/C22H28N2O5S/c1-14(2)24(6)20(25)13-29-22(26)18-9-7-8-10-19(18)23-30(27,28)21-16(4)11-15(3)12-17(21)5/h7-12,14,23H,13H2,1-6H3. The minimum Gasteiger partial charge on any atom is -0.452 e. The predicted octanol–water partition coefficient (Wildman–Crippen LogP) is 3.44. The molecule has 0 aliphatic heterocycles. The molecule has 2 rings (SSSR count). The van der Waals surface area contributed by atoms with Crippen molar-refractivity contribution in [1.82, 2.24) is 4.90 Å². The van der Waals surface area contributed by atoms with E-state index >= 15 is 0 Å². The summed E-state index contributed by atoms with van der Waals surface area (Å²) < 4.78 is 33.7. The van der Waals surface area contributed by atoms with Crippen molar-refractivity contribution in [2.75, 3.05) is 18.4 Å². The van der Waals surface area contributed by atoms with Gasteiger partial charge in [0.25, 0.3) is 15.9 Å². The molecule has 0 unspecified atom stereocenters. The zero-order valence-electron chi connectivity index (χ0n) is 18.1. The minimum atomic E-state index is -3.94. The molecule has 0 fully saturated rings. The van der Waals surface area contributed by atoms with Crippen molar-refractivity contribution >= 4 is 27.6 Å². The van der Waals surface area contributed by atoms with E-state index in [2.05, 4.69) is 4.72 Å². The fourth-order valence-electron chi connectivity index (χ4n) is 3.13. The van der Waals surface area contributed by atoms with Gasteiger partial charge >= 0.3 is 5.97 Å². The second kappa shape index (κ2) is 9.30. The summed E-state index contributed by atoms with van der Waals surface area (Å²) in [4.78, 5) is 26.2. The van der Waals surface area contributed by atoms with Gasteiger partial charge in [0, 0.05) is 13.1 Å². The quantitative estimate of drug-likeness (QED) is 0.677. The number of aryl methyl sites for hydroxylation is 3. The summed E-state index contributed by atoms with van der Waals surface area (Å²) in [5.74, 6) is -1.13. The summed E-state index contributed by atoms with van der Waals surface area (Å²) >= 11 is 0. The predicted molar refractivity (Wildman–Crippen MR) is 116 cm³/mol. The molecule has 0 aliphatic carbocycles. The first-order chi connectivity index (χ1) is 13.9. The molecule has 7 nitrogen and oxygen atoms in total. The molecule has 0 aliphatic rings. The van der Waals surface area contributed by atoms with E-state index in [1.54, 1.807) is 45.2 Å². The van der Waals surface area contributed by atoms with Crippen molar-refractivity contribution < 1.29 is 22.7 Å². The van der Waals surface area contributed by atoms with Crippen LogP contribution in [0, 0.1) is 20.8 Å². The third kappa shape index (κ3) is 5.38. The van der Waals surface area contributed by atoms with Gasteiger partial charge in [-0.1, -0.05) is 29.8 Å². The SMILES string of the molecule is Cc1cc(C)c(S(=O)(=O)Nc2ccccc2C(=O)OCC(=O)N(C)C(C)C)c(C)c1. The number of para-hydroxylation sites is 1. The average Bonchev–Trinajstić information content (AvgIpc) is 2.64. The number of hydrogen-bond donors (Lipinski definition) is 1. The number of benzene rings is 2. The molecule has 1 N–H and O–H groups in total. The number of hydrogen-bond acceptors (Lipinski definition) is 5. The Kier molecular flexibility index (Phi) is 7.25. The van der Waals surface area contributed by atoms with Crippen LogP contribution in [0.15, 0.2) is 41.3 Å². The summed E-state index contributed by atoms with van der Waals surface area (Å²) in [5.41, 5.74) is 2.31. The van der Waals surface area contributed by atoms with Crippen LogP contribution in [0.1, 0.15) is 40.9 Å². The highest BCUT2D eigenvalue weighted by molar-refractivity contribution is 7.92. The maximum atomic E-state index is 13.0. The molecule has 2 aromatic rings. The van der Waals surface area contributed by atoms with E-state index in [4.69, 9.17) is 4.74 Å². The lowest BCUT2D eigenvalue weighted by molar-refractivity contribution is -0.134. The Morgan fingerprint density at radius 1 is 1.07 bits per heavy atom. The van der Waals surface area contributed by atoms with Crippen molar-refractivity contribution in [3.63, 3.8) is 0 Å². The first-order valence-corrected chi connectivity index (χ1v) is 11.0. The van der Waals surface area contributed by atoms with Crippen LogP contribution in [-0.4, -0.2) is 44.9 Å². The van der Waals surface area contributed by atoms with Crippen molar-refractivity contribution in [2.24, 2.45) is 0 Å². The van der Waals surface area contributed by atoms with E-state index in [9.17, 15) is 18.0 Å². The second-order valence-corrected chi connectivity index (χ2v) is 9.17. The molecule has 0 radical (unpaired) electrons. The van der Waals surface area contributed by atoms with E-state index in [-0.39, 0.29) is 28.1 Å². The number of carbonyl (C=O) groups is 2. The lowest BCUT2D eigenvalue weighted by Crippen LogP contribution is -2.36. The van der Waals surface area contributed by atoms with Crippen LogP contribution in [0.2, 0.25) is 0 Å². The Morgan fingerprint density at radius 2 is 1.63 bits per heavy atom. The molecule has 0 bridgehead atoms. The van der Waals surface area contributed by atoms with E-state index < -0.39 is 22.6 Å². The summed E-state index contributed by atoms with van der Waals surface area (Å²) in [6, 6.07) is 9.69. The molecule has 1 amide bonds.